The number of carbonyl (C=O) groups excluding carboxylic acids is 2. The number of pyridine rings is 1. The van der Waals surface area contributed by atoms with Crippen molar-refractivity contribution >= 4 is 28.5 Å². The van der Waals surface area contributed by atoms with E-state index in [9.17, 15) is 14.4 Å². The molecule has 0 bridgehead atoms. The standard InChI is InChI=1S/C16H12N4O4/c1-24-8-4-7-2-3-18-13(7)10(5-8)20-11(21)6-9-12(14(20)17)16(23)19-15(9)22/h2-6,18H,17H2,1H3,(H,19,22,23). The van der Waals surface area contributed by atoms with Crippen molar-refractivity contribution in [3.05, 3.63) is 51.9 Å². The van der Waals surface area contributed by atoms with E-state index in [1.807, 2.05) is 6.07 Å². The summed E-state index contributed by atoms with van der Waals surface area (Å²) in [5.74, 6) is -0.803. The number of hydrogen-bond donors (Lipinski definition) is 3. The van der Waals surface area contributed by atoms with Crippen LogP contribution < -0.4 is 21.3 Å². The van der Waals surface area contributed by atoms with E-state index in [4.69, 9.17) is 10.5 Å². The van der Waals surface area contributed by atoms with E-state index in [-0.39, 0.29) is 16.9 Å². The van der Waals surface area contributed by atoms with Crippen LogP contribution in [-0.4, -0.2) is 28.5 Å². The second-order valence-electron chi connectivity index (χ2n) is 5.36. The number of ether oxygens (including phenoxy) is 1. The summed E-state index contributed by atoms with van der Waals surface area (Å²) < 4.78 is 6.45. The van der Waals surface area contributed by atoms with Crippen LogP contribution in [0.3, 0.4) is 0 Å². The Morgan fingerprint density at radius 1 is 1.12 bits per heavy atom. The van der Waals surface area contributed by atoms with E-state index >= 15 is 0 Å². The van der Waals surface area contributed by atoms with Gasteiger partial charge in [0.1, 0.15) is 11.6 Å². The number of hydrogen-bond acceptors (Lipinski definition) is 5. The van der Waals surface area contributed by atoms with Crippen molar-refractivity contribution in [2.24, 2.45) is 0 Å². The maximum Gasteiger partial charge on any atom is 0.262 e. The molecule has 4 rings (SSSR count). The van der Waals surface area contributed by atoms with E-state index in [0.717, 1.165) is 11.5 Å². The Kier molecular flexibility index (Phi) is 2.77. The molecular weight excluding hydrogens is 312 g/mol. The second kappa shape index (κ2) is 4.72. The number of nitrogens with one attached hydrogen (secondary N) is 2. The number of methoxy groups -OCH3 is 1. The van der Waals surface area contributed by atoms with Gasteiger partial charge in [-0.15, -0.1) is 0 Å². The molecule has 3 aromatic rings. The summed E-state index contributed by atoms with van der Waals surface area (Å²) >= 11 is 0. The van der Waals surface area contributed by atoms with Crippen molar-refractivity contribution in [1.29, 1.82) is 0 Å². The highest BCUT2D eigenvalue weighted by Crippen LogP contribution is 2.30. The molecule has 0 saturated carbocycles. The molecule has 0 atom stereocenters. The molecule has 0 aliphatic carbocycles. The number of imide groups is 1. The minimum atomic E-state index is -0.624. The second-order valence-corrected chi connectivity index (χ2v) is 5.36. The van der Waals surface area contributed by atoms with E-state index in [0.29, 0.717) is 17.0 Å². The van der Waals surface area contributed by atoms with E-state index < -0.39 is 17.4 Å². The number of amides is 2. The van der Waals surface area contributed by atoms with Crippen molar-refractivity contribution in [2.75, 3.05) is 12.8 Å². The summed E-state index contributed by atoms with van der Waals surface area (Å²) in [5.41, 5.74) is 6.64. The highest BCUT2D eigenvalue weighted by molar-refractivity contribution is 6.23. The lowest BCUT2D eigenvalue weighted by Gasteiger charge is -2.14. The molecule has 1 aliphatic heterocycles. The molecule has 8 heteroatoms. The number of nitrogens with two attached hydrogens (primary N) is 1. The van der Waals surface area contributed by atoms with Gasteiger partial charge in [0.05, 0.1) is 29.4 Å². The lowest BCUT2D eigenvalue weighted by molar-refractivity contribution is 0.0880. The molecule has 2 amide bonds. The number of benzene rings is 1. The zero-order chi connectivity index (χ0) is 17.0. The summed E-state index contributed by atoms with van der Waals surface area (Å²) in [6.07, 6.45) is 1.72. The summed E-state index contributed by atoms with van der Waals surface area (Å²) in [6, 6.07) is 6.38. The van der Waals surface area contributed by atoms with Crippen LogP contribution in [0.2, 0.25) is 0 Å². The van der Waals surface area contributed by atoms with Gasteiger partial charge in [-0.3, -0.25) is 24.3 Å². The van der Waals surface area contributed by atoms with Gasteiger partial charge in [-0.1, -0.05) is 0 Å². The first-order chi connectivity index (χ1) is 11.5. The number of aromatic nitrogens is 2. The third kappa shape index (κ3) is 1.76. The topological polar surface area (TPSA) is 119 Å². The maximum absolute atomic E-state index is 12.6. The highest BCUT2D eigenvalue weighted by atomic mass is 16.5. The van der Waals surface area contributed by atoms with Crippen LogP contribution in [0, 0.1) is 0 Å². The smallest absolute Gasteiger partial charge is 0.262 e. The van der Waals surface area contributed by atoms with Crippen LogP contribution in [-0.2, 0) is 0 Å². The summed E-state index contributed by atoms with van der Waals surface area (Å²) in [6.45, 7) is 0. The molecule has 0 radical (unpaired) electrons. The Labute approximate surface area is 134 Å². The first-order valence-corrected chi connectivity index (χ1v) is 7.08. The highest BCUT2D eigenvalue weighted by Gasteiger charge is 2.32. The Hall–Kier alpha value is -3.55. The number of H-pyrrole nitrogens is 1. The minimum Gasteiger partial charge on any atom is -0.497 e. The average molecular weight is 324 g/mol. The van der Waals surface area contributed by atoms with Crippen LogP contribution in [0.1, 0.15) is 20.7 Å². The van der Waals surface area contributed by atoms with Gasteiger partial charge in [0, 0.05) is 23.7 Å². The zero-order valence-electron chi connectivity index (χ0n) is 12.5. The van der Waals surface area contributed by atoms with Crippen LogP contribution in [0.4, 0.5) is 5.82 Å². The largest absolute Gasteiger partial charge is 0.497 e. The van der Waals surface area contributed by atoms with Gasteiger partial charge < -0.3 is 15.5 Å². The molecule has 1 aromatic carbocycles. The molecule has 3 heterocycles. The Morgan fingerprint density at radius 2 is 1.92 bits per heavy atom. The van der Waals surface area contributed by atoms with Crippen molar-refractivity contribution in [1.82, 2.24) is 14.9 Å². The minimum absolute atomic E-state index is 0.00197. The van der Waals surface area contributed by atoms with Gasteiger partial charge in [-0.05, 0) is 12.1 Å². The van der Waals surface area contributed by atoms with E-state index in [2.05, 4.69) is 10.3 Å². The number of nitrogens with zero attached hydrogens (tertiary/aromatic N) is 1. The summed E-state index contributed by atoms with van der Waals surface area (Å²) in [4.78, 5) is 39.3. The van der Waals surface area contributed by atoms with Gasteiger partial charge in [0.2, 0.25) is 0 Å². The Morgan fingerprint density at radius 3 is 2.67 bits per heavy atom. The molecule has 1 aliphatic rings. The van der Waals surface area contributed by atoms with E-state index in [1.54, 1.807) is 18.3 Å². The number of aromatic amines is 1. The van der Waals surface area contributed by atoms with Gasteiger partial charge >= 0.3 is 0 Å². The van der Waals surface area contributed by atoms with Crippen LogP contribution >= 0.6 is 0 Å². The quantitative estimate of drug-likeness (QED) is 0.602. The predicted molar refractivity (Wildman–Crippen MR) is 86.7 cm³/mol. The SMILES string of the molecule is COc1cc(-n2c(N)c3c(cc2=O)C(=O)NC3=O)c2[nH]ccc2c1. The number of anilines is 1. The fourth-order valence-electron chi connectivity index (χ4n) is 2.95. The molecule has 0 unspecified atom stereocenters. The fourth-order valence-corrected chi connectivity index (χ4v) is 2.95. The number of carbonyl (C=O) groups is 2. The molecule has 4 N–H and O–H groups in total. The maximum atomic E-state index is 12.6. The van der Waals surface area contributed by atoms with Crippen LogP contribution in [0.25, 0.3) is 16.6 Å². The number of fused-ring (bicyclic) bond motifs is 2. The lowest BCUT2D eigenvalue weighted by atomic mass is 10.1. The summed E-state index contributed by atoms with van der Waals surface area (Å²) in [5, 5.41) is 2.96. The summed E-state index contributed by atoms with van der Waals surface area (Å²) in [7, 11) is 1.51. The Balaban J connectivity index is 2.11. The average Bonchev–Trinajstić information content (AvgIpc) is 3.12. The first kappa shape index (κ1) is 14.1. The van der Waals surface area contributed by atoms with Crippen LogP contribution in [0.5, 0.6) is 5.75 Å². The van der Waals surface area contributed by atoms with Gasteiger partial charge in [-0.2, -0.15) is 0 Å². The van der Waals surface area contributed by atoms with Crippen molar-refractivity contribution in [3.63, 3.8) is 0 Å². The van der Waals surface area contributed by atoms with E-state index in [1.165, 1.54) is 11.7 Å². The third-order valence-corrected chi connectivity index (χ3v) is 4.04. The lowest BCUT2D eigenvalue weighted by Crippen LogP contribution is -2.24. The first-order valence-electron chi connectivity index (χ1n) is 7.08. The molecule has 0 fully saturated rings. The molecule has 0 saturated heterocycles. The number of rotatable bonds is 2. The normalized spacial score (nSPS) is 13.2. The number of nitrogen functional groups attached to an aromatic ring is 1. The predicted octanol–water partition coefficient (Wildman–Crippen LogP) is 0.793. The molecule has 24 heavy (non-hydrogen) atoms. The van der Waals surface area contributed by atoms with Gasteiger partial charge in [-0.25, -0.2) is 0 Å². The molecule has 0 spiro atoms. The van der Waals surface area contributed by atoms with Crippen molar-refractivity contribution in [2.45, 2.75) is 0 Å². The van der Waals surface area contributed by atoms with Crippen molar-refractivity contribution in [3.8, 4) is 11.4 Å². The Bertz CT molecular complexity index is 1090. The van der Waals surface area contributed by atoms with Gasteiger partial charge in [0.25, 0.3) is 17.4 Å². The monoisotopic (exact) mass is 324 g/mol. The fraction of sp³-hybridized carbons (Fsp3) is 0.0625. The molecule has 120 valence electrons. The molecular formula is C16H12N4O4. The third-order valence-electron chi connectivity index (χ3n) is 4.04. The van der Waals surface area contributed by atoms with Crippen LogP contribution in [0.15, 0.2) is 35.3 Å². The van der Waals surface area contributed by atoms with Crippen molar-refractivity contribution < 1.29 is 14.3 Å². The van der Waals surface area contributed by atoms with Gasteiger partial charge in [0.15, 0.2) is 0 Å². The zero-order valence-corrected chi connectivity index (χ0v) is 12.5. The molecule has 8 nitrogen and oxygen atoms in total. The molecule has 2 aromatic heterocycles.